The van der Waals surface area contributed by atoms with Crippen LogP contribution in [0.25, 0.3) is 0 Å². The third-order valence-corrected chi connectivity index (χ3v) is 3.58. The maximum atomic E-state index is 11.3. The Kier molecular flexibility index (Phi) is 4.28. The van der Waals surface area contributed by atoms with Crippen LogP contribution in [0, 0.1) is 11.7 Å². The van der Waals surface area contributed by atoms with Gasteiger partial charge in [0, 0.05) is 5.25 Å². The van der Waals surface area contributed by atoms with E-state index in [0.29, 0.717) is 11.3 Å². The molecule has 2 aromatic carbocycles. The highest BCUT2D eigenvalue weighted by molar-refractivity contribution is 7.95. The van der Waals surface area contributed by atoms with E-state index >= 15 is 0 Å². The van der Waals surface area contributed by atoms with Gasteiger partial charge in [0.1, 0.15) is 0 Å². The number of benzene rings is 2. The Hall–Kier alpha value is -2.45. The molecule has 0 saturated carbocycles. The zero-order chi connectivity index (χ0) is 14.4. The minimum atomic E-state index is -3.47. The number of rotatable bonds is 4. The van der Waals surface area contributed by atoms with E-state index < -0.39 is 9.84 Å². The average Bonchev–Trinajstić information content (AvgIpc) is 2.47. The number of azo groups is 1. The molecule has 0 atom stereocenters. The van der Waals surface area contributed by atoms with Crippen LogP contribution in [0.1, 0.15) is 5.56 Å². The predicted octanol–water partition coefficient (Wildman–Crippen LogP) is 3.61. The van der Waals surface area contributed by atoms with E-state index in [4.69, 9.17) is 6.42 Å². The van der Waals surface area contributed by atoms with Gasteiger partial charge in [-0.3, -0.25) is 0 Å². The Bertz CT molecular complexity index is 743. The van der Waals surface area contributed by atoms with E-state index in [1.54, 1.807) is 29.5 Å². The Morgan fingerprint density at radius 2 is 1.45 bits per heavy atom. The summed E-state index contributed by atoms with van der Waals surface area (Å²) >= 11 is 0. The van der Waals surface area contributed by atoms with Crippen molar-refractivity contribution in [3.8, 4) is 11.7 Å². The van der Waals surface area contributed by atoms with Crippen molar-refractivity contribution in [3.05, 3.63) is 60.2 Å². The molecule has 4 nitrogen and oxygen atoms in total. The van der Waals surface area contributed by atoms with Crippen LogP contribution >= 0.6 is 0 Å². The summed E-state index contributed by atoms with van der Waals surface area (Å²) in [7, 11) is -3.47. The zero-order valence-electron chi connectivity index (χ0n) is 10.6. The highest BCUT2D eigenvalue weighted by Gasteiger charge is 2.07. The first-order chi connectivity index (χ1) is 9.59. The number of terminal acetylenes is 1. The molecule has 0 fully saturated rings. The van der Waals surface area contributed by atoms with Gasteiger partial charge in [0.15, 0.2) is 0 Å². The number of sulfone groups is 1. The lowest BCUT2D eigenvalue weighted by atomic mass is 10.2. The molecule has 5 heteroatoms. The quantitative estimate of drug-likeness (QED) is 0.489. The lowest BCUT2D eigenvalue weighted by Crippen LogP contribution is -1.99. The van der Waals surface area contributed by atoms with Crippen molar-refractivity contribution >= 4 is 21.2 Å². The van der Waals surface area contributed by atoms with Gasteiger partial charge in [0.25, 0.3) is 0 Å². The van der Waals surface area contributed by atoms with E-state index in [2.05, 4.69) is 10.2 Å². The Morgan fingerprint density at radius 1 is 0.900 bits per heavy atom. The van der Waals surface area contributed by atoms with Gasteiger partial charge < -0.3 is 0 Å². The highest BCUT2D eigenvalue weighted by atomic mass is 32.2. The summed E-state index contributed by atoms with van der Waals surface area (Å²) in [6.45, 7) is 0. The van der Waals surface area contributed by atoms with Gasteiger partial charge in [-0.15, -0.1) is 6.42 Å². The summed E-state index contributed by atoms with van der Waals surface area (Å²) in [5.74, 6) is -0.167. The monoisotopic (exact) mass is 284 g/mol. The maximum Gasteiger partial charge on any atom is 0.220 e. The maximum absolute atomic E-state index is 11.3. The van der Waals surface area contributed by atoms with Crippen LogP contribution in [0.4, 0.5) is 11.4 Å². The fraction of sp³-hybridized carbons (Fsp3) is 0.0667. The summed E-state index contributed by atoms with van der Waals surface area (Å²) in [5.41, 5.74) is 2.03. The Balaban J connectivity index is 2.10. The lowest BCUT2D eigenvalue weighted by Gasteiger charge is -1.99. The van der Waals surface area contributed by atoms with Crippen LogP contribution in [-0.2, 0) is 15.6 Å². The van der Waals surface area contributed by atoms with Crippen LogP contribution in [0.2, 0.25) is 0 Å². The zero-order valence-corrected chi connectivity index (χ0v) is 11.4. The third kappa shape index (κ3) is 4.04. The normalized spacial score (nSPS) is 11.3. The molecule has 0 unspecified atom stereocenters. The second-order valence-corrected chi connectivity index (χ2v) is 5.83. The van der Waals surface area contributed by atoms with Crippen molar-refractivity contribution in [2.45, 2.75) is 5.75 Å². The first-order valence-corrected chi connectivity index (χ1v) is 7.50. The molecule has 2 aromatic rings. The molecule has 0 spiro atoms. The molecule has 0 heterocycles. The molecule has 20 heavy (non-hydrogen) atoms. The molecule has 0 amide bonds. The van der Waals surface area contributed by atoms with Gasteiger partial charge in [-0.05, 0) is 29.8 Å². The minimum absolute atomic E-state index is 0.167. The van der Waals surface area contributed by atoms with Crippen molar-refractivity contribution < 1.29 is 8.42 Å². The van der Waals surface area contributed by atoms with Gasteiger partial charge in [0.2, 0.25) is 9.84 Å². The van der Waals surface area contributed by atoms with Crippen LogP contribution in [0.3, 0.4) is 0 Å². The fourth-order valence-electron chi connectivity index (χ4n) is 1.53. The molecule has 100 valence electrons. The summed E-state index contributed by atoms with van der Waals surface area (Å²) < 4.78 is 22.6. The standard InChI is InChI=1S/C15H12N2O2S/c1-2-20(18,19)12-13-8-10-15(11-9-13)17-16-14-6-4-3-5-7-14/h1,3-11H,12H2/b17-16+. The lowest BCUT2D eigenvalue weighted by molar-refractivity contribution is 0.605. The van der Waals surface area contributed by atoms with Crippen LogP contribution in [0.5, 0.6) is 0 Å². The SMILES string of the molecule is C#CS(=O)(=O)Cc1ccc(/N=N/c2ccccc2)cc1. The van der Waals surface area contributed by atoms with E-state index in [9.17, 15) is 8.42 Å². The van der Waals surface area contributed by atoms with Gasteiger partial charge in [-0.1, -0.05) is 30.3 Å². The first-order valence-electron chi connectivity index (χ1n) is 5.85. The van der Waals surface area contributed by atoms with E-state index in [0.717, 1.165) is 5.69 Å². The molecular weight excluding hydrogens is 272 g/mol. The van der Waals surface area contributed by atoms with Gasteiger partial charge in [0.05, 0.1) is 17.1 Å². The Morgan fingerprint density at radius 3 is 2.00 bits per heavy atom. The summed E-state index contributed by atoms with van der Waals surface area (Å²) in [4.78, 5) is 0. The molecule has 0 aliphatic rings. The molecular formula is C15H12N2O2S. The molecule has 0 radical (unpaired) electrons. The molecule has 2 rings (SSSR count). The molecule has 0 bridgehead atoms. The molecule has 0 saturated heterocycles. The van der Waals surface area contributed by atoms with Crippen LogP contribution in [-0.4, -0.2) is 8.42 Å². The summed E-state index contributed by atoms with van der Waals surface area (Å²) in [6.07, 6.45) is 4.92. The second-order valence-electron chi connectivity index (χ2n) is 4.08. The van der Waals surface area contributed by atoms with Crippen molar-refractivity contribution in [3.63, 3.8) is 0 Å². The van der Waals surface area contributed by atoms with Crippen LogP contribution in [0.15, 0.2) is 64.8 Å². The molecule has 0 aromatic heterocycles. The summed E-state index contributed by atoms with van der Waals surface area (Å²) in [6, 6.07) is 16.1. The smallest absolute Gasteiger partial charge is 0.215 e. The predicted molar refractivity (Wildman–Crippen MR) is 78.5 cm³/mol. The highest BCUT2D eigenvalue weighted by Crippen LogP contribution is 2.19. The summed E-state index contributed by atoms with van der Waals surface area (Å²) in [5, 5.41) is 9.92. The number of hydrogen-bond donors (Lipinski definition) is 0. The van der Waals surface area contributed by atoms with E-state index in [1.165, 1.54) is 0 Å². The molecule has 0 N–H and O–H groups in total. The number of nitrogens with zero attached hydrogens (tertiary/aromatic N) is 2. The molecule has 0 aliphatic carbocycles. The number of hydrogen-bond acceptors (Lipinski definition) is 4. The van der Waals surface area contributed by atoms with Crippen LogP contribution < -0.4 is 0 Å². The van der Waals surface area contributed by atoms with Crippen molar-refractivity contribution in [1.82, 2.24) is 0 Å². The van der Waals surface area contributed by atoms with E-state index in [1.807, 2.05) is 30.3 Å². The minimum Gasteiger partial charge on any atom is -0.215 e. The largest absolute Gasteiger partial charge is 0.220 e. The first kappa shape index (κ1) is 14.0. The van der Waals surface area contributed by atoms with Crippen molar-refractivity contribution in [2.24, 2.45) is 10.2 Å². The van der Waals surface area contributed by atoms with Gasteiger partial charge in [-0.2, -0.15) is 10.2 Å². The average molecular weight is 284 g/mol. The van der Waals surface area contributed by atoms with E-state index in [-0.39, 0.29) is 5.75 Å². The van der Waals surface area contributed by atoms with Gasteiger partial charge in [-0.25, -0.2) is 8.42 Å². The molecule has 0 aliphatic heterocycles. The Labute approximate surface area is 118 Å². The van der Waals surface area contributed by atoms with Gasteiger partial charge >= 0.3 is 0 Å². The fourth-order valence-corrected chi connectivity index (χ4v) is 2.24. The van der Waals surface area contributed by atoms with Crippen molar-refractivity contribution in [1.29, 1.82) is 0 Å². The topological polar surface area (TPSA) is 58.9 Å². The van der Waals surface area contributed by atoms with Crippen molar-refractivity contribution in [2.75, 3.05) is 0 Å². The second kappa shape index (κ2) is 6.13. The third-order valence-electron chi connectivity index (χ3n) is 2.51.